The average molecular weight is 143 g/mol. The van der Waals surface area contributed by atoms with Crippen LogP contribution in [0.5, 0.6) is 0 Å². The summed E-state index contributed by atoms with van der Waals surface area (Å²) in [6, 6.07) is 0. The monoisotopic (exact) mass is 143 g/mol. The fourth-order valence-electron chi connectivity index (χ4n) is 0.551. The zero-order valence-electron chi connectivity index (χ0n) is 6.80. The number of carbonyl (C=O) groups is 1. The van der Waals surface area contributed by atoms with Crippen LogP contribution >= 0.6 is 0 Å². The van der Waals surface area contributed by atoms with Crippen molar-refractivity contribution in [2.75, 3.05) is 0 Å². The second-order valence-corrected chi connectivity index (χ2v) is 3.17. The van der Waals surface area contributed by atoms with Gasteiger partial charge in [-0.15, -0.1) is 0 Å². The minimum Gasteiger partial charge on any atom is -0.477 e. The van der Waals surface area contributed by atoms with Gasteiger partial charge >= 0.3 is 5.97 Å². The Morgan fingerprint density at radius 2 is 1.80 bits per heavy atom. The van der Waals surface area contributed by atoms with Crippen molar-refractivity contribution in [3.8, 4) is 0 Å². The molecule has 0 radical (unpaired) electrons. The molecule has 1 N–H and O–H groups in total. The van der Waals surface area contributed by atoms with Crippen LogP contribution < -0.4 is 0 Å². The Balaban J connectivity index is 4.32. The van der Waals surface area contributed by atoms with E-state index in [1.807, 2.05) is 20.8 Å². The zero-order valence-corrected chi connectivity index (χ0v) is 6.80. The highest BCUT2D eigenvalue weighted by Crippen LogP contribution is 2.06. The average Bonchev–Trinajstić information content (AvgIpc) is 1.60. The van der Waals surface area contributed by atoms with Gasteiger partial charge in [0.1, 0.15) is 5.71 Å². The lowest BCUT2D eigenvalue weighted by molar-refractivity contribution is -0.129. The van der Waals surface area contributed by atoms with Crippen LogP contribution in [-0.4, -0.2) is 22.3 Å². The molecule has 10 heavy (non-hydrogen) atoms. The zero-order chi connectivity index (χ0) is 8.36. The maximum absolute atomic E-state index is 10.2. The summed E-state index contributed by atoms with van der Waals surface area (Å²) in [5.41, 5.74) is -0.129. The summed E-state index contributed by atoms with van der Waals surface area (Å²) in [5, 5.41) is 8.41. The van der Waals surface area contributed by atoms with Crippen LogP contribution in [0.15, 0.2) is 4.99 Å². The predicted molar refractivity (Wildman–Crippen MR) is 40.5 cm³/mol. The number of rotatable bonds is 1. The van der Waals surface area contributed by atoms with E-state index in [0.29, 0.717) is 0 Å². The van der Waals surface area contributed by atoms with E-state index in [9.17, 15) is 4.79 Å². The van der Waals surface area contributed by atoms with Crippen molar-refractivity contribution >= 4 is 11.7 Å². The van der Waals surface area contributed by atoms with E-state index in [0.717, 1.165) is 0 Å². The van der Waals surface area contributed by atoms with Crippen LogP contribution in [0.4, 0.5) is 0 Å². The molecule has 0 spiro atoms. The van der Waals surface area contributed by atoms with Crippen LogP contribution in [0.2, 0.25) is 0 Å². The molecule has 0 aromatic carbocycles. The molecular weight excluding hydrogens is 130 g/mol. The van der Waals surface area contributed by atoms with E-state index in [1.54, 1.807) is 0 Å². The maximum Gasteiger partial charge on any atom is 0.349 e. The number of nitrogens with zero attached hydrogens (tertiary/aromatic N) is 1. The summed E-state index contributed by atoms with van der Waals surface area (Å²) >= 11 is 0. The van der Waals surface area contributed by atoms with E-state index in [-0.39, 0.29) is 11.3 Å². The van der Waals surface area contributed by atoms with E-state index in [2.05, 4.69) is 4.99 Å². The van der Waals surface area contributed by atoms with Gasteiger partial charge in [-0.05, 0) is 27.7 Å². The Morgan fingerprint density at radius 3 is 1.90 bits per heavy atom. The Morgan fingerprint density at radius 1 is 1.40 bits per heavy atom. The molecule has 0 aliphatic rings. The van der Waals surface area contributed by atoms with Gasteiger partial charge in [0, 0.05) is 0 Å². The second-order valence-electron chi connectivity index (χ2n) is 3.17. The Kier molecular flexibility index (Phi) is 2.57. The van der Waals surface area contributed by atoms with E-state index in [1.165, 1.54) is 6.92 Å². The van der Waals surface area contributed by atoms with Crippen molar-refractivity contribution in [3.63, 3.8) is 0 Å². The molecule has 0 aliphatic carbocycles. The number of aliphatic imine (C=N–C) groups is 1. The molecule has 0 atom stereocenters. The molecule has 0 aromatic rings. The molecule has 0 unspecified atom stereocenters. The van der Waals surface area contributed by atoms with Gasteiger partial charge in [0.05, 0.1) is 5.54 Å². The molecule has 0 aliphatic heterocycles. The molecule has 0 aromatic heterocycles. The van der Waals surface area contributed by atoms with E-state index in [4.69, 9.17) is 5.11 Å². The van der Waals surface area contributed by atoms with Crippen LogP contribution in [-0.2, 0) is 4.79 Å². The van der Waals surface area contributed by atoms with Crippen LogP contribution in [0.1, 0.15) is 27.7 Å². The maximum atomic E-state index is 10.2. The van der Waals surface area contributed by atoms with Gasteiger partial charge in [0.2, 0.25) is 0 Å². The van der Waals surface area contributed by atoms with Crippen LogP contribution in [0, 0.1) is 0 Å². The van der Waals surface area contributed by atoms with Crippen molar-refractivity contribution in [1.29, 1.82) is 0 Å². The van der Waals surface area contributed by atoms with Gasteiger partial charge in [0.25, 0.3) is 0 Å². The molecule has 0 bridgehead atoms. The molecule has 0 fully saturated rings. The lowest BCUT2D eigenvalue weighted by atomic mass is 10.1. The van der Waals surface area contributed by atoms with Crippen molar-refractivity contribution < 1.29 is 9.90 Å². The largest absolute Gasteiger partial charge is 0.477 e. The summed E-state index contributed by atoms with van der Waals surface area (Å²) < 4.78 is 0. The highest BCUT2D eigenvalue weighted by atomic mass is 16.4. The first-order valence-electron chi connectivity index (χ1n) is 3.12. The van der Waals surface area contributed by atoms with Gasteiger partial charge in [-0.25, -0.2) is 4.79 Å². The fraction of sp³-hybridized carbons (Fsp3) is 0.714. The van der Waals surface area contributed by atoms with Crippen LogP contribution in [0.3, 0.4) is 0 Å². The van der Waals surface area contributed by atoms with E-state index < -0.39 is 5.97 Å². The molecule has 0 heterocycles. The highest BCUT2D eigenvalue weighted by Gasteiger charge is 2.10. The van der Waals surface area contributed by atoms with Crippen molar-refractivity contribution in [3.05, 3.63) is 0 Å². The molecule has 0 saturated heterocycles. The Labute approximate surface area is 60.8 Å². The number of carboxylic acid groups (broad SMARTS) is 1. The minimum atomic E-state index is -0.949. The molecule has 0 amide bonds. The first-order valence-corrected chi connectivity index (χ1v) is 3.12. The summed E-state index contributed by atoms with van der Waals surface area (Å²) in [6.07, 6.45) is 0. The number of aliphatic carboxylic acids is 1. The minimum absolute atomic E-state index is 0.160. The molecule has 58 valence electrons. The van der Waals surface area contributed by atoms with Gasteiger partial charge in [-0.1, -0.05) is 0 Å². The third-order valence-electron chi connectivity index (χ3n) is 0.813. The van der Waals surface area contributed by atoms with Crippen molar-refractivity contribution in [2.45, 2.75) is 33.2 Å². The lowest BCUT2D eigenvalue weighted by Gasteiger charge is -2.11. The summed E-state index contributed by atoms with van der Waals surface area (Å²) in [6.45, 7) is 7.08. The van der Waals surface area contributed by atoms with Gasteiger partial charge in [0.15, 0.2) is 0 Å². The molecular formula is C7H13NO2. The summed E-state index contributed by atoms with van der Waals surface area (Å²) in [4.78, 5) is 14.2. The Hall–Kier alpha value is -0.860. The van der Waals surface area contributed by atoms with Gasteiger partial charge in [-0.3, -0.25) is 4.99 Å². The van der Waals surface area contributed by atoms with Crippen molar-refractivity contribution in [2.24, 2.45) is 4.99 Å². The fourth-order valence-corrected chi connectivity index (χ4v) is 0.551. The van der Waals surface area contributed by atoms with Crippen LogP contribution in [0.25, 0.3) is 0 Å². The van der Waals surface area contributed by atoms with Gasteiger partial charge < -0.3 is 5.11 Å². The molecule has 3 nitrogen and oxygen atoms in total. The third-order valence-corrected chi connectivity index (χ3v) is 0.813. The quantitative estimate of drug-likeness (QED) is 0.563. The molecule has 0 rings (SSSR count). The van der Waals surface area contributed by atoms with E-state index >= 15 is 0 Å². The van der Waals surface area contributed by atoms with Crippen molar-refractivity contribution in [1.82, 2.24) is 0 Å². The smallest absolute Gasteiger partial charge is 0.349 e. The highest BCUT2D eigenvalue weighted by molar-refractivity contribution is 6.34. The summed E-state index contributed by atoms with van der Waals surface area (Å²) in [5.74, 6) is -0.949. The summed E-state index contributed by atoms with van der Waals surface area (Å²) in [7, 11) is 0. The first-order chi connectivity index (χ1) is 4.33. The Bertz CT molecular complexity index is 165. The number of hydrogen-bond acceptors (Lipinski definition) is 2. The molecule has 3 heteroatoms. The standard InChI is InChI=1S/C7H13NO2/c1-5(6(9)10)8-7(2,3)4/h1-4H3,(H,9,10). The molecule has 0 saturated carbocycles. The number of carboxylic acids is 1. The normalized spacial score (nSPS) is 13.4. The second kappa shape index (κ2) is 2.82. The SMILES string of the molecule is CC(=NC(C)(C)C)C(=O)O. The third kappa shape index (κ3) is 4.06. The lowest BCUT2D eigenvalue weighted by Crippen LogP contribution is -2.17. The number of hydrogen-bond donors (Lipinski definition) is 1. The predicted octanol–water partition coefficient (Wildman–Crippen LogP) is 1.33. The first kappa shape index (κ1) is 9.14. The topological polar surface area (TPSA) is 49.7 Å². The van der Waals surface area contributed by atoms with Gasteiger partial charge in [-0.2, -0.15) is 0 Å².